The van der Waals surface area contributed by atoms with Crippen molar-refractivity contribution >= 4 is 41.0 Å². The van der Waals surface area contributed by atoms with Gasteiger partial charge in [-0.3, -0.25) is 19.2 Å². The van der Waals surface area contributed by atoms with E-state index in [1.165, 1.54) is 9.80 Å². The summed E-state index contributed by atoms with van der Waals surface area (Å²) >= 11 is 6.59. The Morgan fingerprint density at radius 2 is 1.76 bits per heavy atom. The highest BCUT2D eigenvalue weighted by molar-refractivity contribution is 6.34. The summed E-state index contributed by atoms with van der Waals surface area (Å²) in [7, 11) is 0. The van der Waals surface area contributed by atoms with E-state index in [1.54, 1.807) is 42.5 Å². The third-order valence-corrected chi connectivity index (χ3v) is 9.32. The molecule has 11 heteroatoms. The Hall–Kier alpha value is -3.99. The molecule has 0 saturated carbocycles. The number of amides is 3. The summed E-state index contributed by atoms with van der Waals surface area (Å²) in [5.74, 6) is -3.61. The molecule has 6 atom stereocenters. The number of carbonyl (C=O) groups excluding carboxylic acids is 4. The number of ether oxygens (including phenoxy) is 2. The number of nitrogens with one attached hydrogen (secondary N) is 1. The third-order valence-electron chi connectivity index (χ3n) is 9.00. The lowest BCUT2D eigenvalue weighted by molar-refractivity contribution is -0.159. The maximum Gasteiger partial charge on any atom is 0.313 e. The van der Waals surface area contributed by atoms with E-state index < -0.39 is 47.6 Å². The topological polar surface area (TPSA) is 125 Å². The Morgan fingerprint density at radius 1 is 0.978 bits per heavy atom. The fourth-order valence-electron chi connectivity index (χ4n) is 6.90. The second-order valence-corrected chi connectivity index (χ2v) is 12.1. The number of allylic oxidation sites excluding steroid dienone is 1. The Balaban J connectivity index is 1.43. The molecule has 2 saturated heterocycles. The van der Waals surface area contributed by atoms with Crippen LogP contribution in [0, 0.1) is 11.8 Å². The number of carbonyl (C=O) groups is 4. The van der Waals surface area contributed by atoms with Crippen LogP contribution in [-0.4, -0.2) is 77.7 Å². The van der Waals surface area contributed by atoms with Crippen LogP contribution in [0.5, 0.6) is 0 Å². The van der Waals surface area contributed by atoms with Gasteiger partial charge in [-0.15, -0.1) is 0 Å². The van der Waals surface area contributed by atoms with E-state index in [9.17, 15) is 24.3 Å². The van der Waals surface area contributed by atoms with Gasteiger partial charge in [-0.2, -0.15) is 0 Å². The van der Waals surface area contributed by atoms with Crippen LogP contribution < -0.4 is 10.2 Å². The van der Waals surface area contributed by atoms with Crippen LogP contribution in [0.3, 0.4) is 0 Å². The zero-order chi connectivity index (χ0) is 31.6. The first-order valence-electron chi connectivity index (χ1n) is 15.4. The van der Waals surface area contributed by atoms with E-state index >= 15 is 0 Å². The summed E-state index contributed by atoms with van der Waals surface area (Å²) < 4.78 is 12.5. The van der Waals surface area contributed by atoms with Crippen LogP contribution in [0.2, 0.25) is 5.02 Å². The average Bonchev–Trinajstić information content (AvgIpc) is 3.69. The summed E-state index contributed by atoms with van der Waals surface area (Å²) in [5, 5.41) is 12.7. The number of hydrogen-bond acceptors (Lipinski definition) is 7. The number of likely N-dealkylation sites (tertiary alicyclic amines) is 1. The first kappa shape index (κ1) is 31.0. The number of para-hydroxylation sites is 1. The number of cyclic esters (lactones) is 1. The summed E-state index contributed by atoms with van der Waals surface area (Å²) in [5.41, 5.74) is -0.231. The molecule has 5 bridgehead atoms. The number of aliphatic hydroxyl groups is 1. The largest absolute Gasteiger partial charge is 0.455 e. The van der Waals surface area contributed by atoms with Crippen LogP contribution in [0.25, 0.3) is 0 Å². The molecular formula is C34H36ClN3O7. The van der Waals surface area contributed by atoms with Crippen LogP contribution in [0.15, 0.2) is 78.9 Å². The van der Waals surface area contributed by atoms with Crippen molar-refractivity contribution in [3.8, 4) is 0 Å². The van der Waals surface area contributed by atoms with Gasteiger partial charge in [0, 0.05) is 26.1 Å². The van der Waals surface area contributed by atoms with Gasteiger partial charge in [0.1, 0.15) is 23.7 Å². The first-order valence-corrected chi connectivity index (χ1v) is 15.7. The fraction of sp³-hybridized carbons (Fsp3) is 0.412. The molecule has 0 unspecified atom stereocenters. The van der Waals surface area contributed by atoms with Gasteiger partial charge >= 0.3 is 5.97 Å². The first-order chi connectivity index (χ1) is 21.9. The Labute approximate surface area is 266 Å². The lowest BCUT2D eigenvalue weighted by atomic mass is 9.74. The summed E-state index contributed by atoms with van der Waals surface area (Å²) in [6.45, 7) is 0.332. The quantitative estimate of drug-likeness (QED) is 0.284. The smallest absolute Gasteiger partial charge is 0.313 e. The number of halogens is 1. The highest BCUT2D eigenvalue weighted by Crippen LogP contribution is 2.56. The Kier molecular flexibility index (Phi) is 9.07. The van der Waals surface area contributed by atoms with Crippen molar-refractivity contribution in [3.05, 3.63) is 89.5 Å². The van der Waals surface area contributed by atoms with Gasteiger partial charge in [0.25, 0.3) is 5.91 Å². The number of aliphatic hydroxyl groups excluding tert-OH is 1. The number of benzene rings is 2. The molecule has 6 rings (SSSR count). The summed E-state index contributed by atoms with van der Waals surface area (Å²) in [6, 6.07) is 15.0. The number of anilines is 1. The molecule has 236 valence electrons. The molecule has 10 nitrogen and oxygen atoms in total. The summed E-state index contributed by atoms with van der Waals surface area (Å²) in [6.07, 6.45) is 7.09. The van der Waals surface area contributed by atoms with E-state index in [2.05, 4.69) is 5.32 Å². The highest BCUT2D eigenvalue weighted by Gasteiger charge is 2.73. The summed E-state index contributed by atoms with van der Waals surface area (Å²) in [4.78, 5) is 58.8. The van der Waals surface area contributed by atoms with Crippen LogP contribution in [-0.2, 0) is 28.7 Å². The van der Waals surface area contributed by atoms with Gasteiger partial charge in [0.15, 0.2) is 0 Å². The molecular weight excluding hydrogens is 598 g/mol. The minimum absolute atomic E-state index is 0.0589. The van der Waals surface area contributed by atoms with Gasteiger partial charge in [-0.25, -0.2) is 0 Å². The second kappa shape index (κ2) is 13.2. The van der Waals surface area contributed by atoms with Gasteiger partial charge in [-0.05, 0) is 37.0 Å². The van der Waals surface area contributed by atoms with E-state index in [4.69, 9.17) is 21.1 Å². The van der Waals surface area contributed by atoms with Crippen molar-refractivity contribution in [2.75, 3.05) is 31.1 Å². The molecule has 45 heavy (non-hydrogen) atoms. The molecule has 2 fully saturated rings. The van der Waals surface area contributed by atoms with Crippen molar-refractivity contribution < 1.29 is 33.8 Å². The van der Waals surface area contributed by atoms with Gasteiger partial charge in [-0.1, -0.05) is 78.4 Å². The maximum atomic E-state index is 14.7. The van der Waals surface area contributed by atoms with Crippen LogP contribution in [0.4, 0.5) is 5.69 Å². The number of hydrogen-bond donors (Lipinski definition) is 2. The van der Waals surface area contributed by atoms with Crippen molar-refractivity contribution in [3.63, 3.8) is 0 Å². The van der Waals surface area contributed by atoms with E-state index in [0.717, 1.165) is 0 Å². The molecule has 2 N–H and O–H groups in total. The zero-order valence-electron chi connectivity index (χ0n) is 24.7. The van der Waals surface area contributed by atoms with Crippen molar-refractivity contribution in [1.82, 2.24) is 10.2 Å². The molecule has 1 spiro atoms. The number of rotatable bonds is 6. The average molecular weight is 634 g/mol. The predicted octanol–water partition coefficient (Wildman–Crippen LogP) is 3.35. The zero-order valence-corrected chi connectivity index (χ0v) is 25.5. The standard InChI is InChI=1S/C34H36ClN3O7/c35-23-13-6-7-14-24(23)37-18-8-2-5-15-27(40)36-21-26(22-11-3-1-4-12-22)44-33(43)28-25-16-17-34(45-25)29(28)31(41)38(19-9-10-20-39)30(34)32(37)42/h1-4,6-8,11-14,16-17,25-26,28-30,39H,5,9-10,15,18-21H2,(H,36,40)/b8-2-/t25-,26-,28+,29+,30-,34+/m0/s1. The van der Waals surface area contributed by atoms with Gasteiger partial charge in [0.2, 0.25) is 11.8 Å². The monoisotopic (exact) mass is 633 g/mol. The lowest BCUT2D eigenvalue weighted by Crippen LogP contribution is -2.56. The molecule has 4 aliphatic rings. The molecule has 2 aromatic rings. The van der Waals surface area contributed by atoms with E-state index in [0.29, 0.717) is 35.5 Å². The number of esters is 1. The Morgan fingerprint density at radius 3 is 2.53 bits per heavy atom. The fourth-order valence-corrected chi connectivity index (χ4v) is 7.14. The molecule has 4 heterocycles. The molecule has 2 aromatic carbocycles. The van der Waals surface area contributed by atoms with E-state index in [1.807, 2.05) is 36.4 Å². The van der Waals surface area contributed by atoms with Gasteiger partial charge in [0.05, 0.1) is 29.3 Å². The number of fused-ring (bicyclic) bond motifs is 2. The maximum absolute atomic E-state index is 14.7. The third kappa shape index (κ3) is 5.78. The van der Waals surface area contributed by atoms with Crippen LogP contribution in [0.1, 0.15) is 37.4 Å². The van der Waals surface area contributed by atoms with E-state index in [-0.39, 0.29) is 44.5 Å². The minimum atomic E-state index is -1.39. The molecule has 0 aliphatic carbocycles. The normalized spacial score (nSPS) is 30.8. The number of unbranched alkanes of at least 4 members (excludes halogenated alkanes) is 1. The second-order valence-electron chi connectivity index (χ2n) is 11.7. The van der Waals surface area contributed by atoms with Crippen molar-refractivity contribution in [2.45, 2.75) is 49.5 Å². The van der Waals surface area contributed by atoms with Crippen molar-refractivity contribution in [2.24, 2.45) is 11.8 Å². The Bertz CT molecular complexity index is 1510. The minimum Gasteiger partial charge on any atom is -0.455 e. The molecule has 0 aromatic heterocycles. The molecule has 3 amide bonds. The predicted molar refractivity (Wildman–Crippen MR) is 166 cm³/mol. The van der Waals surface area contributed by atoms with Crippen LogP contribution >= 0.6 is 11.6 Å². The molecule has 0 radical (unpaired) electrons. The lowest BCUT2D eigenvalue weighted by Gasteiger charge is -2.36. The molecule has 4 aliphatic heterocycles. The van der Waals surface area contributed by atoms with Crippen molar-refractivity contribution in [1.29, 1.82) is 0 Å². The number of nitrogens with zero attached hydrogens (tertiary/aromatic N) is 2. The highest BCUT2D eigenvalue weighted by atomic mass is 35.5. The SMILES string of the molecule is O=C1CC/C=C\CN(c2ccccc2Cl)C(=O)[C@@H]2N(CCCCO)C(=O)[C@H]3[C@H](C(=O)O[C@H](c4ccccc4)CN1)[C@@H]1C=C[C@]23O1. The van der Waals surface area contributed by atoms with Gasteiger partial charge < -0.3 is 29.7 Å².